The number of rotatable bonds is 4. The molecule has 0 saturated carbocycles. The first kappa shape index (κ1) is 12.5. The molecule has 0 aliphatic carbocycles. The Balaban J connectivity index is 2.44. The molecule has 0 amide bonds. The average Bonchev–Trinajstić information content (AvgIpc) is 2.17. The molecule has 1 aliphatic heterocycles. The third-order valence-corrected chi connectivity index (χ3v) is 3.52. The van der Waals surface area contributed by atoms with Crippen molar-refractivity contribution >= 4 is 5.97 Å². The normalized spacial score (nSPS) is 25.5. The van der Waals surface area contributed by atoms with E-state index in [2.05, 4.69) is 25.7 Å². The van der Waals surface area contributed by atoms with Crippen LogP contribution < -0.4 is 0 Å². The lowest BCUT2D eigenvalue weighted by Gasteiger charge is -2.37. The number of piperidine rings is 1. The van der Waals surface area contributed by atoms with Crippen molar-refractivity contribution in [2.24, 2.45) is 11.8 Å². The second-order valence-corrected chi connectivity index (χ2v) is 5.07. The lowest BCUT2D eigenvalue weighted by Crippen LogP contribution is -2.42. The Hall–Kier alpha value is -0.570. The van der Waals surface area contributed by atoms with Crippen LogP contribution in [-0.2, 0) is 4.79 Å². The SMILES string of the molecule is CC(CC(=O)O)C1CCCN(C(C)C)C1. The maximum atomic E-state index is 10.7. The van der Waals surface area contributed by atoms with Gasteiger partial charge in [-0.1, -0.05) is 6.92 Å². The topological polar surface area (TPSA) is 40.5 Å². The summed E-state index contributed by atoms with van der Waals surface area (Å²) in [6.07, 6.45) is 2.72. The Morgan fingerprint density at radius 1 is 1.47 bits per heavy atom. The Morgan fingerprint density at radius 2 is 2.13 bits per heavy atom. The van der Waals surface area contributed by atoms with E-state index >= 15 is 0 Å². The molecule has 1 aliphatic rings. The molecule has 3 nitrogen and oxygen atoms in total. The number of carboxylic acids is 1. The quantitative estimate of drug-likeness (QED) is 0.778. The number of hydrogen-bond donors (Lipinski definition) is 1. The maximum absolute atomic E-state index is 10.7. The summed E-state index contributed by atoms with van der Waals surface area (Å²) in [5.74, 6) is 0.213. The van der Waals surface area contributed by atoms with Crippen LogP contribution in [0, 0.1) is 11.8 Å². The average molecular weight is 213 g/mol. The lowest BCUT2D eigenvalue weighted by molar-refractivity contribution is -0.138. The van der Waals surface area contributed by atoms with E-state index in [1.165, 1.54) is 19.4 Å². The van der Waals surface area contributed by atoms with Crippen LogP contribution in [0.15, 0.2) is 0 Å². The summed E-state index contributed by atoms with van der Waals surface area (Å²) in [6, 6.07) is 0.588. The minimum absolute atomic E-state index is 0.309. The zero-order chi connectivity index (χ0) is 11.4. The Bertz CT molecular complexity index is 216. The highest BCUT2D eigenvalue weighted by atomic mass is 16.4. The standard InChI is InChI=1S/C12H23NO2/c1-9(2)13-6-4-5-11(8-13)10(3)7-12(14)15/h9-11H,4-8H2,1-3H3,(H,14,15). The molecule has 3 heteroatoms. The van der Waals surface area contributed by atoms with Crippen LogP contribution in [0.4, 0.5) is 0 Å². The molecule has 15 heavy (non-hydrogen) atoms. The van der Waals surface area contributed by atoms with E-state index in [0.717, 1.165) is 6.54 Å². The van der Waals surface area contributed by atoms with Crippen LogP contribution in [-0.4, -0.2) is 35.1 Å². The van der Waals surface area contributed by atoms with E-state index in [1.807, 2.05) is 0 Å². The molecule has 1 fully saturated rings. The van der Waals surface area contributed by atoms with E-state index in [1.54, 1.807) is 0 Å². The van der Waals surface area contributed by atoms with Crippen molar-refractivity contribution in [2.45, 2.75) is 46.1 Å². The molecule has 0 aromatic carbocycles. The largest absolute Gasteiger partial charge is 0.481 e. The van der Waals surface area contributed by atoms with E-state index in [0.29, 0.717) is 24.3 Å². The highest BCUT2D eigenvalue weighted by molar-refractivity contribution is 5.66. The first-order valence-corrected chi connectivity index (χ1v) is 5.96. The van der Waals surface area contributed by atoms with Gasteiger partial charge in [0.25, 0.3) is 0 Å². The van der Waals surface area contributed by atoms with Gasteiger partial charge in [0.1, 0.15) is 0 Å². The van der Waals surface area contributed by atoms with Crippen molar-refractivity contribution in [1.29, 1.82) is 0 Å². The van der Waals surface area contributed by atoms with Crippen LogP contribution >= 0.6 is 0 Å². The van der Waals surface area contributed by atoms with Gasteiger partial charge in [0.2, 0.25) is 0 Å². The van der Waals surface area contributed by atoms with Gasteiger partial charge >= 0.3 is 5.97 Å². The minimum Gasteiger partial charge on any atom is -0.481 e. The molecule has 1 saturated heterocycles. The molecule has 0 bridgehead atoms. The smallest absolute Gasteiger partial charge is 0.303 e. The molecule has 0 radical (unpaired) electrons. The zero-order valence-electron chi connectivity index (χ0n) is 10.1. The second kappa shape index (κ2) is 5.50. The van der Waals surface area contributed by atoms with Gasteiger partial charge < -0.3 is 10.0 Å². The fourth-order valence-electron chi connectivity index (χ4n) is 2.42. The molecule has 88 valence electrons. The minimum atomic E-state index is -0.663. The highest BCUT2D eigenvalue weighted by Gasteiger charge is 2.26. The number of carboxylic acid groups (broad SMARTS) is 1. The summed E-state index contributed by atoms with van der Waals surface area (Å²) in [5.41, 5.74) is 0. The van der Waals surface area contributed by atoms with Gasteiger partial charge in [0.15, 0.2) is 0 Å². The van der Waals surface area contributed by atoms with E-state index < -0.39 is 5.97 Å². The van der Waals surface area contributed by atoms with Gasteiger partial charge in [0.05, 0.1) is 0 Å². The van der Waals surface area contributed by atoms with Crippen LogP contribution in [0.2, 0.25) is 0 Å². The summed E-state index contributed by atoms with van der Waals surface area (Å²) < 4.78 is 0. The van der Waals surface area contributed by atoms with Crippen LogP contribution in [0.25, 0.3) is 0 Å². The molecule has 1 rings (SSSR count). The van der Waals surface area contributed by atoms with Crippen molar-refractivity contribution in [1.82, 2.24) is 4.90 Å². The fraction of sp³-hybridized carbons (Fsp3) is 0.917. The summed E-state index contributed by atoms with van der Waals surface area (Å²) >= 11 is 0. The summed E-state index contributed by atoms with van der Waals surface area (Å²) in [5, 5.41) is 8.78. The van der Waals surface area contributed by atoms with Crippen molar-refractivity contribution in [3.8, 4) is 0 Å². The molecule has 0 aromatic heterocycles. The monoisotopic (exact) mass is 213 g/mol. The van der Waals surface area contributed by atoms with Crippen molar-refractivity contribution in [3.63, 3.8) is 0 Å². The fourth-order valence-corrected chi connectivity index (χ4v) is 2.42. The first-order valence-electron chi connectivity index (χ1n) is 5.96. The number of likely N-dealkylation sites (tertiary alicyclic amines) is 1. The molecule has 1 N–H and O–H groups in total. The Morgan fingerprint density at radius 3 is 2.67 bits per heavy atom. The second-order valence-electron chi connectivity index (χ2n) is 5.07. The highest BCUT2D eigenvalue weighted by Crippen LogP contribution is 2.26. The Kier molecular flexibility index (Phi) is 4.58. The summed E-state index contributed by atoms with van der Waals surface area (Å²) in [6.45, 7) is 8.75. The molecule has 1 heterocycles. The third kappa shape index (κ3) is 3.82. The number of nitrogens with zero attached hydrogens (tertiary/aromatic N) is 1. The molecular weight excluding hydrogens is 190 g/mol. The van der Waals surface area contributed by atoms with Crippen molar-refractivity contribution in [3.05, 3.63) is 0 Å². The first-order chi connectivity index (χ1) is 7.00. The van der Waals surface area contributed by atoms with Crippen LogP contribution in [0.1, 0.15) is 40.0 Å². The third-order valence-electron chi connectivity index (χ3n) is 3.52. The Labute approximate surface area is 92.5 Å². The zero-order valence-corrected chi connectivity index (χ0v) is 10.1. The molecule has 2 atom stereocenters. The molecule has 2 unspecified atom stereocenters. The van der Waals surface area contributed by atoms with E-state index in [-0.39, 0.29) is 0 Å². The number of carbonyl (C=O) groups is 1. The molecule has 0 spiro atoms. The van der Waals surface area contributed by atoms with Gasteiger partial charge in [-0.05, 0) is 45.1 Å². The molecular formula is C12H23NO2. The van der Waals surface area contributed by atoms with Gasteiger partial charge in [-0.3, -0.25) is 4.79 Å². The predicted molar refractivity (Wildman–Crippen MR) is 60.8 cm³/mol. The maximum Gasteiger partial charge on any atom is 0.303 e. The van der Waals surface area contributed by atoms with Crippen molar-refractivity contribution in [2.75, 3.05) is 13.1 Å². The van der Waals surface area contributed by atoms with Crippen LogP contribution in [0.3, 0.4) is 0 Å². The predicted octanol–water partition coefficient (Wildman–Crippen LogP) is 2.22. The van der Waals surface area contributed by atoms with Gasteiger partial charge in [0, 0.05) is 19.0 Å². The summed E-state index contributed by atoms with van der Waals surface area (Å²) in [4.78, 5) is 13.1. The van der Waals surface area contributed by atoms with E-state index in [9.17, 15) is 4.79 Å². The van der Waals surface area contributed by atoms with Gasteiger partial charge in [-0.15, -0.1) is 0 Å². The summed E-state index contributed by atoms with van der Waals surface area (Å²) in [7, 11) is 0. The van der Waals surface area contributed by atoms with Gasteiger partial charge in [-0.25, -0.2) is 0 Å². The van der Waals surface area contributed by atoms with Crippen molar-refractivity contribution < 1.29 is 9.90 Å². The molecule has 0 aromatic rings. The number of aliphatic carboxylic acids is 1. The number of hydrogen-bond acceptors (Lipinski definition) is 2. The van der Waals surface area contributed by atoms with E-state index in [4.69, 9.17) is 5.11 Å². The lowest BCUT2D eigenvalue weighted by atomic mass is 9.84. The van der Waals surface area contributed by atoms with Gasteiger partial charge in [-0.2, -0.15) is 0 Å². The van der Waals surface area contributed by atoms with Crippen LogP contribution in [0.5, 0.6) is 0 Å².